The van der Waals surface area contributed by atoms with Gasteiger partial charge in [0.1, 0.15) is 0 Å². The van der Waals surface area contributed by atoms with Crippen LogP contribution in [0.25, 0.3) is 10.9 Å². The van der Waals surface area contributed by atoms with Crippen LogP contribution in [0.15, 0.2) is 30.5 Å². The van der Waals surface area contributed by atoms with Gasteiger partial charge in [-0.05, 0) is 36.6 Å². The van der Waals surface area contributed by atoms with Crippen LogP contribution < -0.4 is 4.90 Å². The van der Waals surface area contributed by atoms with Crippen LogP contribution in [0.2, 0.25) is 0 Å². The molecule has 2 heterocycles. The normalized spacial score (nSPS) is 18.6. The van der Waals surface area contributed by atoms with Gasteiger partial charge in [0.25, 0.3) is 0 Å². The number of benzene rings is 1. The first-order valence-electron chi connectivity index (χ1n) is 7.04. The molecule has 0 amide bonds. The van der Waals surface area contributed by atoms with Crippen molar-refractivity contribution in [2.45, 2.75) is 19.8 Å². The monoisotopic (exact) mass is 270 g/mol. The fourth-order valence-electron chi connectivity index (χ4n) is 2.86. The van der Waals surface area contributed by atoms with Crippen LogP contribution in [-0.2, 0) is 11.2 Å². The van der Waals surface area contributed by atoms with Crippen LogP contribution in [0, 0.1) is 5.92 Å². The molecule has 0 bridgehead atoms. The first-order chi connectivity index (χ1) is 9.69. The lowest BCUT2D eigenvalue weighted by Gasteiger charge is -2.20. The molecule has 104 valence electrons. The van der Waals surface area contributed by atoms with Crippen molar-refractivity contribution in [3.05, 3.63) is 36.0 Å². The molecule has 4 nitrogen and oxygen atoms in total. The number of anilines is 1. The van der Waals surface area contributed by atoms with Gasteiger partial charge in [-0.15, -0.1) is 0 Å². The minimum Gasteiger partial charge on any atom is -0.481 e. The van der Waals surface area contributed by atoms with Crippen LogP contribution in [0.3, 0.4) is 0 Å². The zero-order valence-electron chi connectivity index (χ0n) is 11.5. The van der Waals surface area contributed by atoms with E-state index in [9.17, 15) is 4.79 Å². The number of aliphatic carboxylic acids is 1. The summed E-state index contributed by atoms with van der Waals surface area (Å²) >= 11 is 0. The number of carboxylic acids is 1. The van der Waals surface area contributed by atoms with E-state index in [2.05, 4.69) is 28.9 Å². The third-order valence-electron chi connectivity index (χ3n) is 4.07. The third kappa shape index (κ3) is 2.22. The van der Waals surface area contributed by atoms with Crippen molar-refractivity contribution in [2.75, 3.05) is 18.0 Å². The van der Waals surface area contributed by atoms with Gasteiger partial charge in [0.15, 0.2) is 0 Å². The summed E-state index contributed by atoms with van der Waals surface area (Å²) < 4.78 is 0. The lowest BCUT2D eigenvalue weighted by Crippen LogP contribution is -2.22. The molecule has 1 aliphatic heterocycles. The van der Waals surface area contributed by atoms with Crippen molar-refractivity contribution in [1.82, 2.24) is 4.98 Å². The first kappa shape index (κ1) is 12.9. The van der Waals surface area contributed by atoms with Crippen LogP contribution in [0.5, 0.6) is 0 Å². The Morgan fingerprint density at radius 3 is 3.00 bits per heavy atom. The van der Waals surface area contributed by atoms with Gasteiger partial charge in [0.2, 0.25) is 0 Å². The van der Waals surface area contributed by atoms with E-state index >= 15 is 0 Å². The van der Waals surface area contributed by atoms with Gasteiger partial charge >= 0.3 is 5.97 Å². The van der Waals surface area contributed by atoms with E-state index in [4.69, 9.17) is 5.11 Å². The summed E-state index contributed by atoms with van der Waals surface area (Å²) in [5.41, 5.74) is 3.35. The van der Waals surface area contributed by atoms with Crippen LogP contribution in [0.4, 0.5) is 5.69 Å². The molecule has 1 aliphatic rings. The lowest BCUT2D eigenvalue weighted by atomic mass is 10.1. The lowest BCUT2D eigenvalue weighted by molar-refractivity contribution is -0.140. The van der Waals surface area contributed by atoms with Gasteiger partial charge in [-0.25, -0.2) is 0 Å². The van der Waals surface area contributed by atoms with Gasteiger partial charge in [-0.1, -0.05) is 13.0 Å². The van der Waals surface area contributed by atoms with Gasteiger partial charge < -0.3 is 10.0 Å². The maximum atomic E-state index is 11.1. The van der Waals surface area contributed by atoms with Crippen molar-refractivity contribution in [3.8, 4) is 0 Å². The van der Waals surface area contributed by atoms with E-state index in [-0.39, 0.29) is 5.92 Å². The summed E-state index contributed by atoms with van der Waals surface area (Å²) in [5.74, 6) is -0.951. The van der Waals surface area contributed by atoms with Crippen LogP contribution >= 0.6 is 0 Å². The van der Waals surface area contributed by atoms with E-state index in [1.54, 1.807) is 6.20 Å². The minimum absolute atomic E-state index is 0.257. The second-order valence-electron chi connectivity index (χ2n) is 5.30. The fourth-order valence-corrected chi connectivity index (χ4v) is 2.86. The molecule has 0 saturated carbocycles. The highest BCUT2D eigenvalue weighted by Crippen LogP contribution is 2.30. The first-order valence-corrected chi connectivity index (χ1v) is 7.04. The second-order valence-corrected chi connectivity index (χ2v) is 5.30. The third-order valence-corrected chi connectivity index (χ3v) is 4.07. The molecule has 1 atom stereocenters. The number of rotatable bonds is 3. The molecular weight excluding hydrogens is 252 g/mol. The number of carbonyl (C=O) groups is 1. The Morgan fingerprint density at radius 2 is 2.30 bits per heavy atom. The largest absolute Gasteiger partial charge is 0.481 e. The van der Waals surface area contributed by atoms with Crippen LogP contribution in [-0.4, -0.2) is 29.1 Å². The quantitative estimate of drug-likeness (QED) is 0.931. The van der Waals surface area contributed by atoms with E-state index < -0.39 is 5.97 Å². The number of hydrogen-bond donors (Lipinski definition) is 1. The summed E-state index contributed by atoms with van der Waals surface area (Å²) in [5, 5.41) is 10.3. The second kappa shape index (κ2) is 5.12. The molecule has 20 heavy (non-hydrogen) atoms. The predicted octanol–water partition coefficient (Wildman–Crippen LogP) is 2.71. The van der Waals surface area contributed by atoms with Gasteiger partial charge in [-0.2, -0.15) is 0 Å². The van der Waals surface area contributed by atoms with E-state index in [0.29, 0.717) is 13.0 Å². The highest BCUT2D eigenvalue weighted by Gasteiger charge is 2.28. The Morgan fingerprint density at radius 1 is 1.45 bits per heavy atom. The summed E-state index contributed by atoms with van der Waals surface area (Å²) in [6.07, 6.45) is 3.51. The predicted molar refractivity (Wildman–Crippen MR) is 79.1 cm³/mol. The molecule has 1 unspecified atom stereocenters. The molecule has 3 rings (SSSR count). The molecule has 0 radical (unpaired) electrons. The van der Waals surface area contributed by atoms with Crippen molar-refractivity contribution in [1.29, 1.82) is 0 Å². The summed E-state index contributed by atoms with van der Waals surface area (Å²) in [6, 6.07) is 8.31. The smallest absolute Gasteiger partial charge is 0.308 e. The van der Waals surface area contributed by atoms with E-state index in [1.807, 2.05) is 12.1 Å². The van der Waals surface area contributed by atoms with Gasteiger partial charge in [0, 0.05) is 30.4 Å². The highest BCUT2D eigenvalue weighted by atomic mass is 16.4. The Bertz CT molecular complexity index is 654. The van der Waals surface area contributed by atoms with Crippen molar-refractivity contribution in [3.63, 3.8) is 0 Å². The Balaban J connectivity index is 2.01. The molecule has 1 N–H and O–H groups in total. The van der Waals surface area contributed by atoms with E-state index in [0.717, 1.165) is 29.6 Å². The number of pyridine rings is 1. The zero-order valence-corrected chi connectivity index (χ0v) is 11.5. The average molecular weight is 270 g/mol. The molecule has 1 saturated heterocycles. The summed E-state index contributed by atoms with van der Waals surface area (Å²) in [7, 11) is 0. The number of fused-ring (bicyclic) bond motifs is 1. The standard InChI is InChI=1S/C16H18N2O2/c1-2-11-3-4-14-13(9-11)15(5-7-17-14)18-8-6-12(10-18)16(19)20/h3-5,7,9,12H,2,6,8,10H2,1H3,(H,19,20). The molecule has 2 aromatic rings. The number of carboxylic acid groups (broad SMARTS) is 1. The molecule has 1 aromatic heterocycles. The number of aryl methyl sites for hydroxylation is 1. The SMILES string of the molecule is CCc1ccc2nccc(N3CCC(C(=O)O)C3)c2c1. The Kier molecular flexibility index (Phi) is 3.30. The summed E-state index contributed by atoms with van der Waals surface area (Å²) in [4.78, 5) is 17.7. The topological polar surface area (TPSA) is 53.4 Å². The molecule has 0 aliphatic carbocycles. The maximum Gasteiger partial charge on any atom is 0.308 e. The van der Waals surface area contributed by atoms with E-state index in [1.165, 1.54) is 5.56 Å². The average Bonchev–Trinajstić information content (AvgIpc) is 2.96. The number of nitrogens with zero attached hydrogens (tertiary/aromatic N) is 2. The van der Waals surface area contributed by atoms with Crippen molar-refractivity contribution >= 4 is 22.6 Å². The summed E-state index contributed by atoms with van der Waals surface area (Å²) in [6.45, 7) is 3.52. The highest BCUT2D eigenvalue weighted by molar-refractivity contribution is 5.92. The molecule has 4 heteroatoms. The minimum atomic E-state index is -0.694. The van der Waals surface area contributed by atoms with Gasteiger partial charge in [-0.3, -0.25) is 9.78 Å². The van der Waals surface area contributed by atoms with Crippen LogP contribution in [0.1, 0.15) is 18.9 Å². The zero-order chi connectivity index (χ0) is 14.1. The molecular formula is C16H18N2O2. The van der Waals surface area contributed by atoms with Crippen molar-refractivity contribution < 1.29 is 9.90 Å². The Labute approximate surface area is 118 Å². The number of aromatic nitrogens is 1. The molecule has 1 aromatic carbocycles. The maximum absolute atomic E-state index is 11.1. The Hall–Kier alpha value is -2.10. The fraction of sp³-hybridized carbons (Fsp3) is 0.375. The molecule has 1 fully saturated rings. The van der Waals surface area contributed by atoms with Gasteiger partial charge in [0.05, 0.1) is 11.4 Å². The molecule has 0 spiro atoms. The van der Waals surface area contributed by atoms with Crippen molar-refractivity contribution in [2.24, 2.45) is 5.92 Å². The number of hydrogen-bond acceptors (Lipinski definition) is 3.